The second-order valence-corrected chi connectivity index (χ2v) is 7.43. The zero-order chi connectivity index (χ0) is 10.7. The predicted octanol–water partition coefficient (Wildman–Crippen LogP) is 4.35. The van der Waals surface area contributed by atoms with Gasteiger partial charge in [0.05, 0.1) is 0 Å². The summed E-state index contributed by atoms with van der Waals surface area (Å²) >= 11 is 0. The minimum atomic E-state index is 0.521. The summed E-state index contributed by atoms with van der Waals surface area (Å²) in [4.78, 5) is 0. The van der Waals surface area contributed by atoms with Crippen molar-refractivity contribution in [1.29, 1.82) is 0 Å². The van der Waals surface area contributed by atoms with E-state index < -0.39 is 0 Å². The van der Waals surface area contributed by atoms with Gasteiger partial charge in [0.1, 0.15) is 0 Å². The lowest BCUT2D eigenvalue weighted by Crippen LogP contribution is -2.57. The molecule has 0 aromatic rings. The largest absolute Gasteiger partial charge is 0.0619 e. The molecule has 0 heterocycles. The van der Waals surface area contributed by atoms with Crippen molar-refractivity contribution in [2.75, 3.05) is 0 Å². The maximum Gasteiger partial charge on any atom is -0.0295 e. The minimum Gasteiger partial charge on any atom is -0.0619 e. The molecule has 0 radical (unpaired) electrons. The first-order valence-corrected chi connectivity index (χ1v) is 6.24. The van der Waals surface area contributed by atoms with Crippen molar-refractivity contribution in [3.63, 3.8) is 0 Å². The zero-order valence-corrected chi connectivity index (χ0v) is 10.7. The first-order chi connectivity index (χ1) is 6.24. The van der Waals surface area contributed by atoms with Gasteiger partial charge in [-0.15, -0.1) is 0 Å². The number of rotatable bonds is 0. The Morgan fingerprint density at radius 1 is 1.07 bits per heavy atom. The van der Waals surface area contributed by atoms with E-state index in [1.54, 1.807) is 0 Å². The van der Waals surface area contributed by atoms with Gasteiger partial charge in [0.2, 0.25) is 0 Å². The van der Waals surface area contributed by atoms with Crippen molar-refractivity contribution in [2.45, 2.75) is 54.4 Å². The molecule has 0 unspecified atom stereocenters. The Bertz CT molecular complexity index is 231. The summed E-state index contributed by atoms with van der Waals surface area (Å²) in [6.45, 7) is 14.7. The quantitative estimate of drug-likeness (QED) is 0.538. The molecule has 0 amide bonds. The first-order valence-electron chi connectivity index (χ1n) is 6.24. The van der Waals surface area contributed by atoms with E-state index in [1.165, 1.54) is 12.8 Å². The molecule has 0 aromatic carbocycles. The summed E-state index contributed by atoms with van der Waals surface area (Å²) in [6, 6.07) is 0. The Hall–Kier alpha value is 0. The van der Waals surface area contributed by atoms with E-state index in [0.717, 1.165) is 23.7 Å². The molecule has 3 fully saturated rings. The molecule has 0 spiro atoms. The molecule has 3 saturated carbocycles. The third-order valence-corrected chi connectivity index (χ3v) is 5.47. The number of hydrogen-bond donors (Lipinski definition) is 0. The SMILES string of the molecule is C[C@H]1[C@H](C(C)(C)C)C[C@@H]2C[C@H]1C2(C)C. The summed E-state index contributed by atoms with van der Waals surface area (Å²) < 4.78 is 0. The highest BCUT2D eigenvalue weighted by Crippen LogP contribution is 2.65. The van der Waals surface area contributed by atoms with Crippen LogP contribution in [0.3, 0.4) is 0 Å². The highest BCUT2D eigenvalue weighted by molar-refractivity contribution is 5.06. The molecule has 0 saturated heterocycles. The van der Waals surface area contributed by atoms with Crippen LogP contribution in [0.5, 0.6) is 0 Å². The van der Waals surface area contributed by atoms with E-state index in [4.69, 9.17) is 0 Å². The fraction of sp³-hybridized carbons (Fsp3) is 1.00. The van der Waals surface area contributed by atoms with Gasteiger partial charge in [-0.2, -0.15) is 0 Å². The van der Waals surface area contributed by atoms with Crippen LogP contribution in [-0.2, 0) is 0 Å². The lowest BCUT2D eigenvalue weighted by atomic mass is 9.41. The fourth-order valence-electron chi connectivity index (χ4n) is 4.29. The third kappa shape index (κ3) is 1.26. The van der Waals surface area contributed by atoms with Crippen LogP contribution in [-0.4, -0.2) is 0 Å². The first kappa shape index (κ1) is 10.5. The molecule has 82 valence electrons. The number of hydrogen-bond acceptors (Lipinski definition) is 0. The minimum absolute atomic E-state index is 0.521. The third-order valence-electron chi connectivity index (χ3n) is 5.47. The van der Waals surface area contributed by atoms with E-state index >= 15 is 0 Å². The van der Waals surface area contributed by atoms with Crippen LogP contribution < -0.4 is 0 Å². The highest BCUT2D eigenvalue weighted by Gasteiger charge is 2.57. The zero-order valence-electron chi connectivity index (χ0n) is 10.7. The van der Waals surface area contributed by atoms with Gasteiger partial charge < -0.3 is 0 Å². The smallest absolute Gasteiger partial charge is 0.0295 e. The molecule has 3 aliphatic carbocycles. The molecule has 4 atom stereocenters. The number of fused-ring (bicyclic) bond motifs is 2. The van der Waals surface area contributed by atoms with Gasteiger partial charge in [0, 0.05) is 0 Å². The van der Waals surface area contributed by atoms with Crippen molar-refractivity contribution in [1.82, 2.24) is 0 Å². The van der Waals surface area contributed by atoms with E-state index in [-0.39, 0.29) is 0 Å². The van der Waals surface area contributed by atoms with Gasteiger partial charge in [0.15, 0.2) is 0 Å². The normalized spacial score (nSPS) is 45.9. The van der Waals surface area contributed by atoms with Gasteiger partial charge in [0.25, 0.3) is 0 Å². The van der Waals surface area contributed by atoms with Crippen LogP contribution in [0.15, 0.2) is 0 Å². The molecule has 2 bridgehead atoms. The van der Waals surface area contributed by atoms with E-state index in [9.17, 15) is 0 Å². The Balaban J connectivity index is 2.16. The summed E-state index contributed by atoms with van der Waals surface area (Å²) in [5.41, 5.74) is 1.17. The summed E-state index contributed by atoms with van der Waals surface area (Å²) in [5.74, 6) is 3.92. The van der Waals surface area contributed by atoms with Gasteiger partial charge >= 0.3 is 0 Å². The predicted molar refractivity (Wildman–Crippen MR) is 62.1 cm³/mol. The van der Waals surface area contributed by atoms with Crippen LogP contribution in [0.2, 0.25) is 0 Å². The lowest BCUT2D eigenvalue weighted by Gasteiger charge is -2.64. The van der Waals surface area contributed by atoms with Crippen LogP contribution >= 0.6 is 0 Å². The Kier molecular flexibility index (Phi) is 2.08. The van der Waals surface area contributed by atoms with Crippen LogP contribution in [0.4, 0.5) is 0 Å². The lowest BCUT2D eigenvalue weighted by molar-refractivity contribution is -0.150. The fourth-order valence-corrected chi connectivity index (χ4v) is 4.29. The molecule has 14 heavy (non-hydrogen) atoms. The molecule has 0 N–H and O–H groups in total. The van der Waals surface area contributed by atoms with Crippen LogP contribution in [0.1, 0.15) is 54.4 Å². The van der Waals surface area contributed by atoms with E-state index in [1.807, 2.05) is 0 Å². The van der Waals surface area contributed by atoms with Crippen molar-refractivity contribution in [3.05, 3.63) is 0 Å². The van der Waals surface area contributed by atoms with Gasteiger partial charge in [-0.1, -0.05) is 41.5 Å². The average molecular weight is 194 g/mol. The molecule has 0 aromatic heterocycles. The Morgan fingerprint density at radius 3 is 2.00 bits per heavy atom. The monoisotopic (exact) mass is 194 g/mol. The van der Waals surface area contributed by atoms with Crippen LogP contribution in [0.25, 0.3) is 0 Å². The molecular formula is C14H26. The summed E-state index contributed by atoms with van der Waals surface area (Å²) in [6.07, 6.45) is 2.99. The molecule has 3 aliphatic rings. The molecule has 0 heteroatoms. The highest BCUT2D eigenvalue weighted by atomic mass is 14.6. The second kappa shape index (κ2) is 2.77. The maximum atomic E-state index is 2.50. The van der Waals surface area contributed by atoms with Gasteiger partial charge in [-0.25, -0.2) is 0 Å². The topological polar surface area (TPSA) is 0 Å². The molecule has 0 nitrogen and oxygen atoms in total. The summed E-state index contributed by atoms with van der Waals surface area (Å²) in [7, 11) is 0. The standard InChI is InChI=1S/C14H26/c1-9-11(13(2,3)4)7-10-8-12(9)14(10,5)6/h9-12H,7-8H2,1-6H3/t9-,10+,11+,12+/m0/s1. The molecular weight excluding hydrogens is 168 g/mol. The Morgan fingerprint density at radius 2 is 1.64 bits per heavy atom. The van der Waals surface area contributed by atoms with Gasteiger partial charge in [-0.05, 0) is 47.3 Å². The summed E-state index contributed by atoms with van der Waals surface area (Å²) in [5, 5.41) is 0. The second-order valence-electron chi connectivity index (χ2n) is 7.43. The van der Waals surface area contributed by atoms with Crippen molar-refractivity contribution >= 4 is 0 Å². The van der Waals surface area contributed by atoms with E-state index in [2.05, 4.69) is 41.5 Å². The van der Waals surface area contributed by atoms with Crippen molar-refractivity contribution in [2.24, 2.45) is 34.5 Å². The van der Waals surface area contributed by atoms with E-state index in [0.29, 0.717) is 10.8 Å². The maximum absolute atomic E-state index is 2.50. The van der Waals surface area contributed by atoms with Crippen LogP contribution in [0, 0.1) is 34.5 Å². The average Bonchev–Trinajstić information content (AvgIpc) is 2.01. The van der Waals surface area contributed by atoms with Crippen molar-refractivity contribution < 1.29 is 0 Å². The van der Waals surface area contributed by atoms with Gasteiger partial charge in [-0.3, -0.25) is 0 Å². The molecule has 0 aliphatic heterocycles. The molecule has 3 rings (SSSR count). The van der Waals surface area contributed by atoms with Crippen molar-refractivity contribution in [3.8, 4) is 0 Å². The Labute approximate surface area is 89.5 Å².